The summed E-state index contributed by atoms with van der Waals surface area (Å²) in [5, 5.41) is 4.12. The van der Waals surface area contributed by atoms with E-state index in [9.17, 15) is 0 Å². The summed E-state index contributed by atoms with van der Waals surface area (Å²) < 4.78 is 11.0. The molecule has 1 aliphatic rings. The first-order chi connectivity index (χ1) is 8.93. The number of ether oxygens (including phenoxy) is 1. The van der Waals surface area contributed by atoms with Crippen LogP contribution in [-0.2, 0) is 10.2 Å². The summed E-state index contributed by atoms with van der Waals surface area (Å²) in [5.41, 5.74) is 5.77. The monoisotopic (exact) mass is 267 g/mol. The molecule has 0 aromatic carbocycles. The highest BCUT2D eigenvalue weighted by Gasteiger charge is 2.41. The van der Waals surface area contributed by atoms with Gasteiger partial charge in [0.2, 0.25) is 11.7 Å². The van der Waals surface area contributed by atoms with Crippen LogP contribution in [0.5, 0.6) is 0 Å². The largest absolute Gasteiger partial charge is 0.373 e. The number of nitrogens with zero attached hydrogens (tertiary/aromatic N) is 2. The Bertz CT molecular complexity index is 417. The second kappa shape index (κ2) is 5.21. The van der Waals surface area contributed by atoms with Crippen LogP contribution < -0.4 is 5.73 Å². The van der Waals surface area contributed by atoms with E-state index in [2.05, 4.69) is 30.9 Å². The Labute approximate surface area is 114 Å². The van der Waals surface area contributed by atoms with Gasteiger partial charge < -0.3 is 15.0 Å². The van der Waals surface area contributed by atoms with Gasteiger partial charge in [-0.15, -0.1) is 0 Å². The van der Waals surface area contributed by atoms with Crippen LogP contribution in [0.4, 0.5) is 0 Å². The van der Waals surface area contributed by atoms with E-state index >= 15 is 0 Å². The van der Waals surface area contributed by atoms with Gasteiger partial charge in [-0.3, -0.25) is 0 Å². The highest BCUT2D eigenvalue weighted by molar-refractivity contribution is 5.10. The Morgan fingerprint density at radius 2 is 2.00 bits per heavy atom. The molecule has 2 N–H and O–H groups in total. The number of nitrogens with two attached hydrogens (primary N) is 1. The molecule has 1 fully saturated rings. The van der Waals surface area contributed by atoms with Crippen LogP contribution >= 0.6 is 0 Å². The van der Waals surface area contributed by atoms with Gasteiger partial charge in [-0.1, -0.05) is 38.8 Å². The summed E-state index contributed by atoms with van der Waals surface area (Å²) in [7, 11) is 1.68. The zero-order valence-corrected chi connectivity index (χ0v) is 12.4. The predicted octanol–water partition coefficient (Wildman–Crippen LogP) is 2.57. The van der Waals surface area contributed by atoms with Crippen LogP contribution in [0.25, 0.3) is 0 Å². The van der Waals surface area contributed by atoms with Gasteiger partial charge in [0.1, 0.15) is 6.10 Å². The summed E-state index contributed by atoms with van der Waals surface area (Å²) >= 11 is 0. The Kier molecular flexibility index (Phi) is 3.97. The minimum absolute atomic E-state index is 0.0680. The van der Waals surface area contributed by atoms with Crippen molar-refractivity contribution < 1.29 is 9.26 Å². The third-order valence-corrected chi connectivity index (χ3v) is 4.10. The molecule has 0 saturated heterocycles. The minimum Gasteiger partial charge on any atom is -0.373 e. The highest BCUT2D eigenvalue weighted by atomic mass is 16.5. The smallest absolute Gasteiger partial charge is 0.234 e. The van der Waals surface area contributed by atoms with Crippen LogP contribution in [0.1, 0.15) is 64.3 Å². The third kappa shape index (κ3) is 2.67. The van der Waals surface area contributed by atoms with Crippen molar-refractivity contribution in [3.05, 3.63) is 11.7 Å². The van der Waals surface area contributed by atoms with E-state index in [0.717, 1.165) is 12.8 Å². The molecule has 5 heteroatoms. The van der Waals surface area contributed by atoms with Crippen LogP contribution in [0.3, 0.4) is 0 Å². The first-order valence-corrected chi connectivity index (χ1v) is 7.00. The molecule has 1 aliphatic carbocycles. The molecule has 1 heterocycles. The maximum atomic E-state index is 5.95. The third-order valence-electron chi connectivity index (χ3n) is 4.10. The Morgan fingerprint density at radius 3 is 2.47 bits per heavy atom. The van der Waals surface area contributed by atoms with Gasteiger partial charge in [0, 0.05) is 13.7 Å². The molecule has 1 unspecified atom stereocenters. The molecular formula is C14H25N3O2. The van der Waals surface area contributed by atoms with E-state index in [4.69, 9.17) is 15.0 Å². The van der Waals surface area contributed by atoms with Gasteiger partial charge >= 0.3 is 0 Å². The molecule has 0 aliphatic heterocycles. The molecule has 19 heavy (non-hydrogen) atoms. The molecule has 1 saturated carbocycles. The van der Waals surface area contributed by atoms with Gasteiger partial charge in [-0.05, 0) is 18.3 Å². The SMILES string of the molecule is COC(c1noc(C2(CN)CCCC2)n1)C(C)(C)C. The molecule has 0 spiro atoms. The van der Waals surface area contributed by atoms with E-state index in [1.54, 1.807) is 7.11 Å². The number of aromatic nitrogens is 2. The van der Waals surface area contributed by atoms with Crippen molar-refractivity contribution in [3.63, 3.8) is 0 Å². The molecule has 0 radical (unpaired) electrons. The number of rotatable bonds is 4. The molecule has 0 bridgehead atoms. The first kappa shape index (κ1) is 14.5. The van der Waals surface area contributed by atoms with Crippen molar-refractivity contribution in [1.82, 2.24) is 10.1 Å². The quantitative estimate of drug-likeness (QED) is 0.907. The van der Waals surface area contributed by atoms with Crippen molar-refractivity contribution in [1.29, 1.82) is 0 Å². The average molecular weight is 267 g/mol. The van der Waals surface area contributed by atoms with Gasteiger partial charge in [0.05, 0.1) is 5.41 Å². The topological polar surface area (TPSA) is 74.2 Å². The normalized spacial score (nSPS) is 20.7. The molecule has 108 valence electrons. The fourth-order valence-electron chi connectivity index (χ4n) is 2.96. The van der Waals surface area contributed by atoms with Crippen LogP contribution in [0.15, 0.2) is 4.52 Å². The summed E-state index contributed by atoms with van der Waals surface area (Å²) in [6, 6.07) is 0. The zero-order valence-electron chi connectivity index (χ0n) is 12.4. The van der Waals surface area contributed by atoms with Crippen molar-refractivity contribution in [3.8, 4) is 0 Å². The van der Waals surface area contributed by atoms with Crippen molar-refractivity contribution in [2.75, 3.05) is 13.7 Å². The van der Waals surface area contributed by atoms with Gasteiger partial charge in [-0.25, -0.2) is 0 Å². The molecule has 5 nitrogen and oxygen atoms in total. The maximum absolute atomic E-state index is 5.95. The number of hydrogen-bond donors (Lipinski definition) is 1. The minimum atomic E-state index is -0.166. The van der Waals surface area contributed by atoms with E-state index in [1.165, 1.54) is 12.8 Å². The van der Waals surface area contributed by atoms with Crippen molar-refractivity contribution in [2.45, 2.75) is 58.0 Å². The van der Waals surface area contributed by atoms with Gasteiger partial charge in [0.15, 0.2) is 0 Å². The Hall–Kier alpha value is -0.940. The molecule has 1 atom stereocenters. The summed E-state index contributed by atoms with van der Waals surface area (Å²) in [4.78, 5) is 4.59. The molecule has 1 aromatic rings. The first-order valence-electron chi connectivity index (χ1n) is 7.00. The fourth-order valence-corrected chi connectivity index (χ4v) is 2.96. The summed E-state index contributed by atoms with van der Waals surface area (Å²) in [5.74, 6) is 1.32. The lowest BCUT2D eigenvalue weighted by Gasteiger charge is -2.26. The number of methoxy groups -OCH3 is 1. The number of hydrogen-bond acceptors (Lipinski definition) is 5. The standard InChI is InChI=1S/C14H25N3O2/c1-13(2,3)10(18-4)11-16-12(19-17-11)14(9-15)7-5-6-8-14/h10H,5-9,15H2,1-4H3. The maximum Gasteiger partial charge on any atom is 0.234 e. The lowest BCUT2D eigenvalue weighted by molar-refractivity contribution is 0.00718. The van der Waals surface area contributed by atoms with Crippen molar-refractivity contribution in [2.24, 2.45) is 11.1 Å². The van der Waals surface area contributed by atoms with E-state index in [0.29, 0.717) is 18.3 Å². The summed E-state index contributed by atoms with van der Waals surface area (Å²) in [6.45, 7) is 6.88. The van der Waals surface area contributed by atoms with E-state index in [1.807, 2.05) is 0 Å². The lowest BCUT2D eigenvalue weighted by Crippen LogP contribution is -2.32. The molecule has 1 aromatic heterocycles. The summed E-state index contributed by atoms with van der Waals surface area (Å²) in [6.07, 6.45) is 4.28. The van der Waals surface area contributed by atoms with Gasteiger partial charge in [-0.2, -0.15) is 4.98 Å². The Balaban J connectivity index is 2.28. The zero-order chi connectivity index (χ0) is 14.1. The second-order valence-electron chi connectivity index (χ2n) is 6.63. The lowest BCUT2D eigenvalue weighted by atomic mass is 9.86. The van der Waals surface area contributed by atoms with Crippen molar-refractivity contribution >= 4 is 0 Å². The highest BCUT2D eigenvalue weighted by Crippen LogP contribution is 2.41. The van der Waals surface area contributed by atoms with E-state index < -0.39 is 0 Å². The molecule has 0 amide bonds. The Morgan fingerprint density at radius 1 is 1.37 bits per heavy atom. The van der Waals surface area contributed by atoms with Crippen LogP contribution in [-0.4, -0.2) is 23.8 Å². The predicted molar refractivity (Wildman–Crippen MR) is 72.7 cm³/mol. The molecule has 2 rings (SSSR count). The average Bonchev–Trinajstić information content (AvgIpc) is 2.96. The van der Waals surface area contributed by atoms with E-state index in [-0.39, 0.29) is 16.9 Å². The fraction of sp³-hybridized carbons (Fsp3) is 0.857. The second-order valence-corrected chi connectivity index (χ2v) is 6.63. The van der Waals surface area contributed by atoms with Crippen LogP contribution in [0, 0.1) is 5.41 Å². The molecular weight excluding hydrogens is 242 g/mol. The van der Waals surface area contributed by atoms with Gasteiger partial charge in [0.25, 0.3) is 0 Å². The van der Waals surface area contributed by atoms with Crippen LogP contribution in [0.2, 0.25) is 0 Å².